The summed E-state index contributed by atoms with van der Waals surface area (Å²) < 4.78 is 7.23. The van der Waals surface area contributed by atoms with Crippen LogP contribution < -0.4 is 36.3 Å². The van der Waals surface area contributed by atoms with E-state index < -0.39 is 12.2 Å². The molecule has 0 saturated carbocycles. The molecule has 24 heteroatoms. The summed E-state index contributed by atoms with van der Waals surface area (Å²) in [6.45, 7) is 13.9. The molecule has 2 radical (unpaired) electrons. The van der Waals surface area contributed by atoms with Crippen molar-refractivity contribution in [2.75, 3.05) is 79.3 Å². The number of nitrogens with two attached hydrogens (primary N) is 1. The predicted molar refractivity (Wildman–Crippen MR) is 311 cm³/mol. The maximum absolute atomic E-state index is 10.9. The van der Waals surface area contributed by atoms with E-state index in [0.717, 1.165) is 101 Å². The van der Waals surface area contributed by atoms with Gasteiger partial charge < -0.3 is 83.6 Å². The van der Waals surface area contributed by atoms with Gasteiger partial charge in [-0.1, -0.05) is 22.3 Å². The number of piperidine rings is 3. The summed E-state index contributed by atoms with van der Waals surface area (Å²) in [5.74, 6) is 0.836. The van der Waals surface area contributed by atoms with Crippen LogP contribution >= 0.6 is 15.9 Å². The summed E-state index contributed by atoms with van der Waals surface area (Å²) in [4.78, 5) is 43.8. The Morgan fingerprint density at radius 3 is 2.03 bits per heavy atom. The number of nitriles is 1. The van der Waals surface area contributed by atoms with Crippen LogP contribution in [0.2, 0.25) is 6.32 Å². The van der Waals surface area contributed by atoms with Crippen molar-refractivity contribution in [1.29, 1.82) is 5.26 Å². The molecule has 9 rings (SSSR count). The van der Waals surface area contributed by atoms with Gasteiger partial charge in [-0.05, 0) is 120 Å². The van der Waals surface area contributed by atoms with Crippen molar-refractivity contribution in [2.45, 2.75) is 109 Å². The molecule has 4 aliphatic rings. The van der Waals surface area contributed by atoms with Crippen LogP contribution in [0.4, 0.5) is 22.9 Å². The number of carbonyl (C=O) groups excluding carboxylic acids is 2. The topological polar surface area (TPSA) is 292 Å². The Morgan fingerprint density at radius 2 is 1.47 bits per heavy atom. The maximum Gasteiger partial charge on any atom is 0.290 e. The monoisotopic (exact) mass is 1240 g/mol. The van der Waals surface area contributed by atoms with Crippen LogP contribution in [0.5, 0.6) is 0 Å². The molecule has 8 heterocycles. The van der Waals surface area contributed by atoms with Gasteiger partial charge in [0.2, 0.25) is 0 Å². The molecule has 8 atom stereocenters. The van der Waals surface area contributed by atoms with Crippen LogP contribution in [0.15, 0.2) is 71.3 Å². The number of fused-ring (bicyclic) bond motifs is 1. The standard InChI is InChI=1S/C28H34N6O3.C13H19BN3O3.C7H13BNO2.C6H7BrN2.CH3.Pd/c1-18-10-22(11-21(17-35)32-18)33-9-7-25(27(36)16-33)31-13-23-15-34(14-19(2)37-23)26-6-5-20(12-29)28-24(26)4-3-8-30-28;1-9-4-11(5-10(7-18)15-9)17-3-2-12(13(20)6-17)16-14-8-19;10-5-8-3-6-1-2-9-4-7(6)11;1-4-2-5(7)3-6(8)9-4;;/h3-6,8,10-11,19,23,25,27,31,35-36H,7,9,13-17H2,1-2H3;4-5,8,12-13,16,18,20H,2-3,6-7H2,1H3;5-7,9,11H,1-4H2;2-3H,1H3,(H2,8,9);1H3;/q;;;;-1;/t19-,23+,25+,27+;12-,13-;6-,7+;;;/m101.../s1. The molecule has 1 aromatic carbocycles. The zero-order valence-electron chi connectivity index (χ0n) is 45.7. The van der Waals surface area contributed by atoms with Gasteiger partial charge in [-0.25, -0.2) is 4.98 Å². The number of morpholine rings is 1. The van der Waals surface area contributed by atoms with E-state index in [0.29, 0.717) is 68.0 Å². The van der Waals surface area contributed by atoms with E-state index in [4.69, 9.17) is 10.5 Å². The third-order valence-corrected chi connectivity index (χ3v) is 14.2. The number of nitrogen functional groups attached to an aromatic ring is 1. The SMILES string of the molecule is Cc1cc(Br)cc(N)n1.Cc1cc(N2CC[C@H](NC[C@H]3CN(c4ccc(C#N)c5ncccc45)C[C@@H](C)O3)[C@@H](O)C2)cc(CO)n1.Cc1cc(N2CC[C@H](N[B]C=O)[C@@H](O)C2)cc(CO)n1.O=C[B]C[C@H]1CCNC[C@@H]1O.[CH3-].[Pd]. The number of ether oxygens (including phenoxy) is 1. The minimum Gasteiger partial charge on any atom is -0.392 e. The molecule has 79 heavy (non-hydrogen) atoms. The number of hydrogen-bond acceptors (Lipinski definition) is 20. The van der Waals surface area contributed by atoms with Crippen molar-refractivity contribution in [3.8, 4) is 6.07 Å². The molecule has 0 spiro atoms. The number of pyridine rings is 4. The number of halogens is 1. The second kappa shape index (κ2) is 33.7. The zero-order valence-corrected chi connectivity index (χ0v) is 48.8. The number of benzene rings is 1. The van der Waals surface area contributed by atoms with E-state index in [1.807, 2.05) is 75.4 Å². The molecule has 4 aliphatic heterocycles. The van der Waals surface area contributed by atoms with E-state index in [1.54, 1.807) is 19.5 Å². The molecule has 4 aromatic heterocycles. The molecular formula is C55H76B2BrN12O8Pd-. The predicted octanol–water partition coefficient (Wildman–Crippen LogP) is 2.80. The van der Waals surface area contributed by atoms with Crippen molar-refractivity contribution < 1.29 is 60.3 Å². The number of nitrogens with one attached hydrogen (secondary N) is 3. The van der Waals surface area contributed by atoms with Gasteiger partial charge in [-0.3, -0.25) is 15.0 Å². The fourth-order valence-electron chi connectivity index (χ4n) is 10.1. The smallest absolute Gasteiger partial charge is 0.290 e. The first kappa shape index (κ1) is 66.5. The Hall–Kier alpha value is -4.98. The number of rotatable bonds is 14. The molecule has 20 nitrogen and oxygen atoms in total. The van der Waals surface area contributed by atoms with Crippen molar-refractivity contribution in [1.82, 2.24) is 35.8 Å². The third kappa shape index (κ3) is 20.2. The van der Waals surface area contributed by atoms with Crippen LogP contribution in [0, 0.1) is 45.4 Å². The van der Waals surface area contributed by atoms with E-state index in [9.17, 15) is 40.4 Å². The summed E-state index contributed by atoms with van der Waals surface area (Å²) in [6, 6.07) is 21.2. The van der Waals surface area contributed by atoms with Crippen molar-refractivity contribution in [2.24, 2.45) is 5.92 Å². The van der Waals surface area contributed by atoms with Gasteiger partial charge in [0.25, 0.3) is 7.41 Å². The van der Waals surface area contributed by atoms with E-state index in [1.165, 1.54) is 7.41 Å². The Bertz CT molecular complexity index is 2690. The molecular weight excluding hydrogens is 1160 g/mol. The first-order chi connectivity index (χ1) is 37.1. The van der Waals surface area contributed by atoms with Crippen LogP contribution in [0.3, 0.4) is 0 Å². The van der Waals surface area contributed by atoms with Gasteiger partial charge in [-0.2, -0.15) is 5.26 Å². The third-order valence-electron chi connectivity index (χ3n) is 13.8. The number of nitrogens with zero attached hydrogens (tertiary/aromatic N) is 8. The average molecular weight is 1240 g/mol. The average Bonchev–Trinajstić information content (AvgIpc) is 3.44. The van der Waals surface area contributed by atoms with Gasteiger partial charge in [-0.15, -0.1) is 0 Å². The van der Waals surface area contributed by atoms with Crippen molar-refractivity contribution in [3.63, 3.8) is 0 Å². The summed E-state index contributed by atoms with van der Waals surface area (Å²) >= 11 is 3.29. The number of carbonyl (C=O) groups is 2. The molecule has 0 amide bonds. The van der Waals surface area contributed by atoms with Gasteiger partial charge in [0.1, 0.15) is 11.9 Å². The van der Waals surface area contributed by atoms with Gasteiger partial charge in [0, 0.05) is 135 Å². The number of aliphatic hydroxyl groups is 5. The van der Waals surface area contributed by atoms with Crippen LogP contribution in [-0.2, 0) is 48.0 Å². The molecule has 5 aromatic rings. The quantitative estimate of drug-likeness (QED) is 0.0439. The molecule has 4 fully saturated rings. The number of aryl methyl sites for hydroxylation is 3. The van der Waals surface area contributed by atoms with Crippen molar-refractivity contribution in [3.05, 3.63) is 113 Å². The minimum atomic E-state index is -0.550. The van der Waals surface area contributed by atoms with Gasteiger partial charge in [0.05, 0.1) is 78.6 Å². The van der Waals surface area contributed by atoms with Gasteiger partial charge >= 0.3 is 0 Å². The Morgan fingerprint density at radius 1 is 0.835 bits per heavy atom. The van der Waals surface area contributed by atoms with E-state index >= 15 is 0 Å². The van der Waals surface area contributed by atoms with E-state index in [2.05, 4.69) is 79.4 Å². The van der Waals surface area contributed by atoms with Crippen molar-refractivity contribution >= 4 is 76.8 Å². The molecule has 0 aliphatic carbocycles. The van der Waals surface area contributed by atoms with Crippen LogP contribution in [0.1, 0.15) is 60.2 Å². The maximum atomic E-state index is 10.9. The number of aliphatic hydroxyl groups excluding tert-OH is 5. The number of β-amino-alcohol motifs (C(OH)–C–C–N with tert-alkyl or cyclic N) is 3. The normalized spacial score (nSPS) is 22.6. The Balaban J connectivity index is 0.000000266. The first-order valence-electron chi connectivity index (χ1n) is 26.1. The molecule has 0 bridgehead atoms. The summed E-state index contributed by atoms with van der Waals surface area (Å²) in [5, 5.41) is 69.1. The molecule has 10 N–H and O–H groups in total. The first-order valence-corrected chi connectivity index (χ1v) is 26.9. The fourth-order valence-corrected chi connectivity index (χ4v) is 10.7. The fraction of sp³-hybridized carbons (Fsp3) is 0.491. The second-order valence-corrected chi connectivity index (χ2v) is 20.7. The Kier molecular flexibility index (Phi) is 28.4. The second-order valence-electron chi connectivity index (χ2n) is 19.8. The summed E-state index contributed by atoms with van der Waals surface area (Å²) in [7, 11) is 2.91. The summed E-state index contributed by atoms with van der Waals surface area (Å²) in [6.07, 6.45) is 5.08. The van der Waals surface area contributed by atoms with Crippen LogP contribution in [0.25, 0.3) is 10.9 Å². The molecule has 0 unspecified atom stereocenters. The number of anilines is 4. The minimum absolute atomic E-state index is 0. The zero-order chi connectivity index (χ0) is 55.4. The number of hydrogen-bond donors (Lipinski definition) is 9. The van der Waals surface area contributed by atoms with Crippen LogP contribution in [-0.4, -0.2) is 174 Å². The largest absolute Gasteiger partial charge is 0.392 e. The summed E-state index contributed by atoms with van der Waals surface area (Å²) in [5.41, 5.74) is 13.6. The Labute approximate surface area is 488 Å². The van der Waals surface area contributed by atoms with E-state index in [-0.39, 0.29) is 77.4 Å². The molecule has 428 valence electrons. The number of aromatic nitrogens is 4. The molecule has 4 saturated heterocycles. The van der Waals surface area contributed by atoms with Gasteiger partial charge in [0.15, 0.2) is 7.28 Å².